The Morgan fingerprint density at radius 1 is 0.870 bits per heavy atom. The molecule has 2 N–H and O–H groups in total. The molecule has 0 amide bonds. The van der Waals surface area contributed by atoms with Gasteiger partial charge in [-0.1, -0.05) is 78.1 Å². The molecule has 0 aromatic heterocycles. The van der Waals surface area contributed by atoms with Crippen LogP contribution in [0.4, 0.5) is 0 Å². The van der Waals surface area contributed by atoms with Gasteiger partial charge in [0.2, 0.25) is 0 Å². The average molecular weight is 331 g/mol. The lowest BCUT2D eigenvalue weighted by molar-refractivity contribution is -0.101. The molecule has 0 aromatic carbocycles. The van der Waals surface area contributed by atoms with E-state index < -0.39 is 12.5 Å². The van der Waals surface area contributed by atoms with Gasteiger partial charge >= 0.3 is 0 Å². The number of ether oxygens (including phenoxy) is 1. The minimum Gasteiger partial charge on any atom is -0.368 e. The number of rotatable bonds is 17. The van der Waals surface area contributed by atoms with Crippen molar-refractivity contribution in [2.24, 2.45) is 5.18 Å². The number of hydrogen-bond donors (Lipinski definition) is 2. The summed E-state index contributed by atoms with van der Waals surface area (Å²) in [6.07, 6.45) is 11.7. The van der Waals surface area contributed by atoms with Gasteiger partial charge in [0.1, 0.15) is 0 Å². The third-order valence-corrected chi connectivity index (χ3v) is 4.17. The number of nitroso groups, excluding NO2 is 1. The zero-order chi connectivity index (χ0) is 17.3. The number of aliphatic hydroxyl groups is 2. The molecule has 23 heavy (non-hydrogen) atoms. The van der Waals surface area contributed by atoms with E-state index in [0.29, 0.717) is 6.42 Å². The molecule has 0 bridgehead atoms. The first-order chi connectivity index (χ1) is 11.1. The molecule has 2 atom stereocenters. The molecular weight excluding hydrogens is 294 g/mol. The first-order valence-electron chi connectivity index (χ1n) is 9.48. The van der Waals surface area contributed by atoms with Crippen LogP contribution in [0.15, 0.2) is 5.18 Å². The van der Waals surface area contributed by atoms with Gasteiger partial charge in [0.15, 0.2) is 12.5 Å². The predicted molar refractivity (Wildman–Crippen MR) is 94.1 cm³/mol. The highest BCUT2D eigenvalue weighted by Crippen LogP contribution is 2.17. The lowest BCUT2D eigenvalue weighted by Gasteiger charge is -2.21. The lowest BCUT2D eigenvalue weighted by Crippen LogP contribution is -2.25. The van der Waals surface area contributed by atoms with Crippen molar-refractivity contribution in [2.75, 3.05) is 0 Å². The van der Waals surface area contributed by atoms with Gasteiger partial charge in [-0.05, 0) is 18.0 Å². The zero-order valence-corrected chi connectivity index (χ0v) is 15.1. The largest absolute Gasteiger partial charge is 0.368 e. The highest BCUT2D eigenvalue weighted by atomic mass is 16.5. The van der Waals surface area contributed by atoms with Gasteiger partial charge in [-0.25, -0.2) is 0 Å². The molecule has 0 radical (unpaired) electrons. The molecule has 5 heteroatoms. The number of unbranched alkanes of at least 4 members (excludes halogenated alkanes) is 9. The van der Waals surface area contributed by atoms with E-state index in [4.69, 9.17) is 14.9 Å². The summed E-state index contributed by atoms with van der Waals surface area (Å²) in [4.78, 5) is 10.6. The van der Waals surface area contributed by atoms with Gasteiger partial charge in [-0.2, -0.15) is 0 Å². The molecule has 0 spiro atoms. The van der Waals surface area contributed by atoms with Crippen LogP contribution in [0.5, 0.6) is 0 Å². The molecule has 0 saturated heterocycles. The van der Waals surface area contributed by atoms with Gasteiger partial charge in [0, 0.05) is 6.42 Å². The summed E-state index contributed by atoms with van der Waals surface area (Å²) in [6, 6.07) is 0. The molecule has 0 rings (SSSR count). The molecule has 138 valence electrons. The standard InChI is InChI=1S/C18H37NO4/c1-3-5-6-7-8-9-10-11-12-13-14-16(15-18(20)21)23-17(4-2)19-22/h16-18,20-21H,3-15H2,1-2H3. The van der Waals surface area contributed by atoms with Gasteiger partial charge in [0.25, 0.3) is 0 Å². The minimum absolute atomic E-state index is 0.142. The van der Waals surface area contributed by atoms with Crippen LogP contribution in [0.3, 0.4) is 0 Å². The maximum Gasteiger partial charge on any atom is 0.189 e. The minimum atomic E-state index is -1.40. The average Bonchev–Trinajstić information content (AvgIpc) is 2.53. The first kappa shape index (κ1) is 22.5. The summed E-state index contributed by atoms with van der Waals surface area (Å²) < 4.78 is 5.54. The van der Waals surface area contributed by atoms with Crippen molar-refractivity contribution < 1.29 is 14.9 Å². The number of aliphatic hydroxyl groups excluding tert-OH is 1. The lowest BCUT2D eigenvalue weighted by atomic mass is 10.0. The zero-order valence-electron chi connectivity index (χ0n) is 15.1. The van der Waals surface area contributed by atoms with Gasteiger partial charge in [0.05, 0.1) is 6.10 Å². The summed E-state index contributed by atoms with van der Waals surface area (Å²) in [5.41, 5.74) is 0. The molecule has 0 aliphatic rings. The first-order valence-corrected chi connectivity index (χ1v) is 9.48. The Morgan fingerprint density at radius 2 is 1.39 bits per heavy atom. The van der Waals surface area contributed by atoms with Crippen molar-refractivity contribution >= 4 is 0 Å². The quantitative estimate of drug-likeness (QED) is 0.226. The van der Waals surface area contributed by atoms with Crippen LogP contribution in [-0.2, 0) is 4.74 Å². The monoisotopic (exact) mass is 331 g/mol. The molecule has 0 saturated carbocycles. The molecule has 2 unspecified atom stereocenters. The summed E-state index contributed by atoms with van der Waals surface area (Å²) in [5, 5.41) is 21.1. The fourth-order valence-corrected chi connectivity index (χ4v) is 2.75. The van der Waals surface area contributed by atoms with E-state index >= 15 is 0 Å². The van der Waals surface area contributed by atoms with Crippen LogP contribution in [0.1, 0.15) is 97.3 Å². The van der Waals surface area contributed by atoms with Crippen molar-refractivity contribution in [3.05, 3.63) is 4.91 Å². The van der Waals surface area contributed by atoms with Crippen LogP contribution in [-0.4, -0.2) is 28.8 Å². The Morgan fingerprint density at radius 3 is 1.83 bits per heavy atom. The highest BCUT2D eigenvalue weighted by Gasteiger charge is 2.18. The van der Waals surface area contributed by atoms with E-state index in [9.17, 15) is 4.91 Å². The second-order valence-electron chi connectivity index (χ2n) is 6.41. The Labute approximate surface area is 141 Å². The molecule has 0 heterocycles. The third-order valence-electron chi connectivity index (χ3n) is 4.17. The maximum atomic E-state index is 10.6. The third kappa shape index (κ3) is 14.8. The molecule has 0 aliphatic carbocycles. The van der Waals surface area contributed by atoms with Gasteiger partial charge < -0.3 is 14.9 Å². The SMILES string of the molecule is CCCCCCCCCCCCC(CC(O)O)OC(CC)N=O. The molecule has 0 aliphatic heterocycles. The topological polar surface area (TPSA) is 79.1 Å². The normalized spacial score (nSPS) is 14.1. The van der Waals surface area contributed by atoms with E-state index in [2.05, 4.69) is 12.1 Å². The van der Waals surface area contributed by atoms with Crippen molar-refractivity contribution in [1.82, 2.24) is 0 Å². The van der Waals surface area contributed by atoms with Crippen LogP contribution < -0.4 is 0 Å². The Balaban J connectivity index is 3.67. The second-order valence-corrected chi connectivity index (χ2v) is 6.41. The summed E-state index contributed by atoms with van der Waals surface area (Å²) in [6.45, 7) is 4.07. The van der Waals surface area contributed by atoms with Crippen molar-refractivity contribution in [1.29, 1.82) is 0 Å². The van der Waals surface area contributed by atoms with E-state index in [1.165, 1.54) is 51.4 Å². The van der Waals surface area contributed by atoms with E-state index in [0.717, 1.165) is 19.3 Å². The van der Waals surface area contributed by atoms with Gasteiger partial charge in [-0.3, -0.25) is 0 Å². The number of nitrogens with zero attached hydrogens (tertiary/aromatic N) is 1. The van der Waals surface area contributed by atoms with Crippen LogP contribution >= 0.6 is 0 Å². The smallest absolute Gasteiger partial charge is 0.189 e. The highest BCUT2D eigenvalue weighted by molar-refractivity contribution is 4.63. The van der Waals surface area contributed by atoms with Crippen LogP contribution in [0.2, 0.25) is 0 Å². The Hall–Kier alpha value is -0.520. The van der Waals surface area contributed by atoms with Crippen molar-refractivity contribution in [3.63, 3.8) is 0 Å². The number of hydrogen-bond acceptors (Lipinski definition) is 5. The maximum absolute atomic E-state index is 10.6. The fraction of sp³-hybridized carbons (Fsp3) is 1.00. The molecule has 5 nitrogen and oxygen atoms in total. The second kappa shape index (κ2) is 16.3. The van der Waals surface area contributed by atoms with E-state index in [1.54, 1.807) is 0 Å². The summed E-state index contributed by atoms with van der Waals surface area (Å²) in [7, 11) is 0. The Bertz CT molecular complexity index is 261. The predicted octanol–water partition coefficient (Wildman–Crippen LogP) is 4.89. The fourth-order valence-electron chi connectivity index (χ4n) is 2.75. The van der Waals surface area contributed by atoms with E-state index in [-0.39, 0.29) is 12.5 Å². The molecule has 0 aromatic rings. The molecular formula is C18H37NO4. The Kier molecular flexibility index (Phi) is 16.0. The summed E-state index contributed by atoms with van der Waals surface area (Å²) in [5.74, 6) is 0. The molecule has 0 fully saturated rings. The van der Waals surface area contributed by atoms with E-state index in [1.807, 2.05) is 6.92 Å². The van der Waals surface area contributed by atoms with Crippen LogP contribution in [0, 0.1) is 4.91 Å². The van der Waals surface area contributed by atoms with Gasteiger partial charge in [-0.15, -0.1) is 4.91 Å². The van der Waals surface area contributed by atoms with Crippen molar-refractivity contribution in [3.8, 4) is 0 Å². The van der Waals surface area contributed by atoms with Crippen molar-refractivity contribution in [2.45, 2.75) is 116 Å². The summed E-state index contributed by atoms with van der Waals surface area (Å²) >= 11 is 0. The van der Waals surface area contributed by atoms with Crippen LogP contribution in [0.25, 0.3) is 0 Å².